The second-order valence-corrected chi connectivity index (χ2v) is 18.0. The monoisotopic (exact) mass is 760 g/mol. The van der Waals surface area contributed by atoms with Gasteiger partial charge in [0.15, 0.2) is 0 Å². The van der Waals surface area contributed by atoms with Crippen LogP contribution in [0.4, 0.5) is 22.7 Å². The zero-order chi connectivity index (χ0) is 40.3. The van der Waals surface area contributed by atoms with Crippen LogP contribution in [0.1, 0.15) is 78.0 Å². The molecule has 5 nitrogen and oxygen atoms in total. The summed E-state index contributed by atoms with van der Waals surface area (Å²) in [5, 5.41) is 2.39. The number of nitrogens with zero attached hydrogens (tertiary/aromatic N) is 4. The van der Waals surface area contributed by atoms with Crippen LogP contribution in [-0.4, -0.2) is 16.2 Å². The van der Waals surface area contributed by atoms with Crippen LogP contribution in [0.5, 0.6) is 11.5 Å². The van der Waals surface area contributed by atoms with Gasteiger partial charge in [0.1, 0.15) is 24.0 Å². The maximum absolute atomic E-state index is 7.05. The number of hydrogen-bond donors (Lipinski definition) is 0. The number of pyridine rings is 1. The summed E-state index contributed by atoms with van der Waals surface area (Å²) in [5.41, 5.74) is 12.8. The minimum Gasteiger partial charge on any atom is -0.457 e. The minimum absolute atomic E-state index is 0.0354. The third-order valence-electron chi connectivity index (χ3n) is 11.6. The van der Waals surface area contributed by atoms with Crippen LogP contribution in [0, 0.1) is 0 Å². The third kappa shape index (κ3) is 6.79. The van der Waals surface area contributed by atoms with Crippen LogP contribution < -0.4 is 14.5 Å². The summed E-state index contributed by atoms with van der Waals surface area (Å²) >= 11 is 0. The van der Waals surface area contributed by atoms with Gasteiger partial charge in [-0.2, -0.15) is 0 Å². The molecule has 0 aliphatic carbocycles. The van der Waals surface area contributed by atoms with Crippen molar-refractivity contribution in [1.29, 1.82) is 0 Å². The van der Waals surface area contributed by atoms with Crippen molar-refractivity contribution in [1.82, 2.24) is 9.55 Å². The molecule has 2 aromatic heterocycles. The van der Waals surface area contributed by atoms with Crippen molar-refractivity contribution in [2.24, 2.45) is 0 Å². The number of anilines is 4. The summed E-state index contributed by atoms with van der Waals surface area (Å²) in [4.78, 5) is 9.75. The molecule has 290 valence electrons. The van der Waals surface area contributed by atoms with E-state index in [2.05, 4.69) is 215 Å². The van der Waals surface area contributed by atoms with Gasteiger partial charge < -0.3 is 14.5 Å². The summed E-state index contributed by atoms with van der Waals surface area (Å²) < 4.78 is 9.34. The van der Waals surface area contributed by atoms with Gasteiger partial charge in [0.25, 0.3) is 0 Å². The minimum atomic E-state index is -0.174. The van der Waals surface area contributed by atoms with E-state index in [1.807, 2.05) is 6.20 Å². The van der Waals surface area contributed by atoms with Crippen molar-refractivity contribution in [3.8, 4) is 28.4 Å². The highest BCUT2D eigenvalue weighted by Crippen LogP contribution is 2.48. The highest BCUT2D eigenvalue weighted by Gasteiger charge is 2.30. The number of ether oxygens (including phenoxy) is 1. The van der Waals surface area contributed by atoms with Gasteiger partial charge in [0.05, 0.1) is 22.4 Å². The van der Waals surface area contributed by atoms with Gasteiger partial charge in [-0.15, -0.1) is 0 Å². The van der Waals surface area contributed by atoms with Gasteiger partial charge in [-0.3, -0.25) is 4.57 Å². The molecule has 9 rings (SSSR count). The van der Waals surface area contributed by atoms with Gasteiger partial charge in [-0.05, 0) is 99.7 Å². The molecular weight excluding hydrogens is 709 g/mol. The molecule has 0 atom stereocenters. The molecule has 0 fully saturated rings. The lowest BCUT2D eigenvalue weighted by Gasteiger charge is -2.25. The van der Waals surface area contributed by atoms with Crippen LogP contribution in [-0.2, 0) is 10.8 Å². The van der Waals surface area contributed by atoms with E-state index >= 15 is 0 Å². The van der Waals surface area contributed by atoms with Gasteiger partial charge in [-0.25, -0.2) is 4.98 Å². The van der Waals surface area contributed by atoms with Crippen molar-refractivity contribution >= 4 is 44.6 Å². The van der Waals surface area contributed by atoms with Gasteiger partial charge >= 0.3 is 0 Å². The molecule has 0 N–H and O–H groups in total. The van der Waals surface area contributed by atoms with Crippen LogP contribution in [0.25, 0.3) is 38.8 Å². The van der Waals surface area contributed by atoms with Crippen molar-refractivity contribution in [2.45, 2.75) is 72.1 Å². The normalized spacial score (nSPS) is 13.2. The van der Waals surface area contributed by atoms with E-state index < -0.39 is 0 Å². The van der Waals surface area contributed by atoms with Crippen LogP contribution >= 0.6 is 0 Å². The Kier molecular flexibility index (Phi) is 9.15. The molecule has 0 saturated carbocycles. The number of benzene rings is 6. The zero-order valence-corrected chi connectivity index (χ0v) is 34.9. The molecule has 3 heterocycles. The Morgan fingerprint density at radius 1 is 0.569 bits per heavy atom. The SMILES string of the molecule is CC(C)c1ccnc(-n2c3ccccc3c3cc(C(C)(C)C)c(Oc4cccc(N5CN(c6cccc(C(C)(C)C)c6)c6cc(-c7ccccc7)ccc65)c4)cc32)c1. The topological polar surface area (TPSA) is 33.5 Å². The lowest BCUT2D eigenvalue weighted by Crippen LogP contribution is -2.24. The Balaban J connectivity index is 1.14. The molecule has 6 aromatic carbocycles. The van der Waals surface area contributed by atoms with Crippen molar-refractivity contribution in [3.05, 3.63) is 168 Å². The molecule has 0 radical (unpaired) electrons. The number of rotatable bonds is 7. The van der Waals surface area contributed by atoms with Crippen LogP contribution in [0.15, 0.2) is 152 Å². The first-order valence-electron chi connectivity index (χ1n) is 20.5. The average molecular weight is 761 g/mol. The second-order valence-electron chi connectivity index (χ2n) is 18.0. The predicted molar refractivity (Wildman–Crippen MR) is 244 cm³/mol. The lowest BCUT2D eigenvalue weighted by atomic mass is 9.85. The standard InChI is InChI=1S/C53H52N4O/c1-35(2)37-26-27-54-51(29-37)57-46-23-13-12-22-43(46)44-32-45(53(6,7)8)50(33-48(44)57)58-42-21-15-20-41(31-42)55-34-56(40-19-14-18-39(30-40)52(3,4)5)49-28-38(24-25-47(49)55)36-16-10-9-11-17-36/h9-33,35H,34H2,1-8H3. The van der Waals surface area contributed by atoms with Gasteiger partial charge in [0.2, 0.25) is 0 Å². The first-order chi connectivity index (χ1) is 27.8. The second kappa shape index (κ2) is 14.2. The van der Waals surface area contributed by atoms with Crippen molar-refractivity contribution in [3.63, 3.8) is 0 Å². The van der Waals surface area contributed by atoms with E-state index in [1.165, 1.54) is 44.4 Å². The summed E-state index contributed by atoms with van der Waals surface area (Å²) in [7, 11) is 0. The van der Waals surface area contributed by atoms with E-state index in [-0.39, 0.29) is 10.8 Å². The predicted octanol–water partition coefficient (Wildman–Crippen LogP) is 14.6. The Morgan fingerprint density at radius 2 is 1.29 bits per heavy atom. The molecule has 0 saturated heterocycles. The first-order valence-corrected chi connectivity index (χ1v) is 20.5. The summed E-state index contributed by atoms with van der Waals surface area (Å²) in [6.07, 6.45) is 1.93. The Morgan fingerprint density at radius 3 is 2.05 bits per heavy atom. The van der Waals surface area contributed by atoms with Gasteiger partial charge in [0, 0.05) is 46.0 Å². The van der Waals surface area contributed by atoms with E-state index in [1.54, 1.807) is 0 Å². The fraction of sp³-hybridized carbons (Fsp3) is 0.226. The first kappa shape index (κ1) is 37.3. The van der Waals surface area contributed by atoms with Crippen molar-refractivity contribution in [2.75, 3.05) is 16.5 Å². The molecule has 0 spiro atoms. The average Bonchev–Trinajstić information content (AvgIpc) is 3.76. The smallest absolute Gasteiger partial charge is 0.137 e. The van der Waals surface area contributed by atoms with Crippen LogP contribution in [0.3, 0.4) is 0 Å². The molecule has 1 aliphatic heterocycles. The molecule has 5 heteroatoms. The number of hydrogen-bond acceptors (Lipinski definition) is 4. The molecule has 8 aromatic rings. The largest absolute Gasteiger partial charge is 0.457 e. The van der Waals surface area contributed by atoms with Crippen LogP contribution in [0.2, 0.25) is 0 Å². The molecule has 0 bridgehead atoms. The zero-order valence-electron chi connectivity index (χ0n) is 34.9. The third-order valence-corrected chi connectivity index (χ3v) is 11.6. The van der Waals surface area contributed by atoms with E-state index in [9.17, 15) is 0 Å². The summed E-state index contributed by atoms with van der Waals surface area (Å²) in [6.45, 7) is 18.7. The maximum Gasteiger partial charge on any atom is 0.137 e. The van der Waals surface area contributed by atoms with E-state index in [0.29, 0.717) is 12.6 Å². The molecule has 0 unspecified atom stereocenters. The molecule has 58 heavy (non-hydrogen) atoms. The summed E-state index contributed by atoms with van der Waals surface area (Å²) in [6, 6.07) is 52.6. The van der Waals surface area contributed by atoms with Crippen molar-refractivity contribution < 1.29 is 4.74 Å². The molecular formula is C53H52N4O. The highest BCUT2D eigenvalue weighted by molar-refractivity contribution is 6.10. The number of fused-ring (bicyclic) bond motifs is 4. The fourth-order valence-electron chi connectivity index (χ4n) is 8.32. The number of aromatic nitrogens is 2. The summed E-state index contributed by atoms with van der Waals surface area (Å²) in [5.74, 6) is 2.94. The fourth-order valence-corrected chi connectivity index (χ4v) is 8.32. The van der Waals surface area contributed by atoms with Gasteiger partial charge in [-0.1, -0.05) is 128 Å². The maximum atomic E-state index is 7.05. The molecule has 1 aliphatic rings. The Labute approximate surface area is 343 Å². The number of para-hydroxylation sites is 1. The van der Waals surface area contributed by atoms with E-state index in [4.69, 9.17) is 9.72 Å². The quantitative estimate of drug-likeness (QED) is 0.162. The lowest BCUT2D eigenvalue weighted by molar-refractivity contribution is 0.456. The molecule has 0 amide bonds. The van der Waals surface area contributed by atoms with E-state index in [0.717, 1.165) is 45.3 Å². The Bertz CT molecular complexity index is 2800. The highest BCUT2D eigenvalue weighted by atomic mass is 16.5. The Hall–Kier alpha value is -6.33.